The Morgan fingerprint density at radius 1 is 1.03 bits per heavy atom. The van der Waals surface area contributed by atoms with E-state index in [1.807, 2.05) is 49.5 Å². The van der Waals surface area contributed by atoms with Crippen molar-refractivity contribution in [3.05, 3.63) is 83.3 Å². The second-order valence-electron chi connectivity index (χ2n) is 7.22. The predicted octanol–water partition coefficient (Wildman–Crippen LogP) is 4.74. The Kier molecular flexibility index (Phi) is 5.75. The summed E-state index contributed by atoms with van der Waals surface area (Å²) in [6.07, 6.45) is 3.71. The molecule has 0 saturated carbocycles. The molecular weight excluding hydrogens is 374 g/mol. The lowest BCUT2D eigenvalue weighted by Crippen LogP contribution is -2.17. The third-order valence-corrected chi connectivity index (χ3v) is 5.09. The average Bonchev–Trinajstić information content (AvgIpc) is 3.17. The number of benzene rings is 2. The molecular formula is C24H25N5O. The first-order valence-corrected chi connectivity index (χ1v) is 10.2. The van der Waals surface area contributed by atoms with E-state index < -0.39 is 0 Å². The first-order valence-electron chi connectivity index (χ1n) is 10.2. The number of para-hydroxylation sites is 2. The normalized spacial score (nSPS) is 10.9. The van der Waals surface area contributed by atoms with Gasteiger partial charge in [0.2, 0.25) is 5.95 Å². The van der Waals surface area contributed by atoms with Crippen molar-refractivity contribution in [3.63, 3.8) is 0 Å². The molecule has 0 saturated heterocycles. The maximum atomic E-state index is 12.8. The van der Waals surface area contributed by atoms with Crippen molar-refractivity contribution >= 4 is 28.4 Å². The number of nitrogens with one attached hydrogen (secondary N) is 3. The molecule has 0 unspecified atom stereocenters. The Balaban J connectivity index is 1.44. The van der Waals surface area contributed by atoms with Crippen LogP contribution in [0.2, 0.25) is 0 Å². The van der Waals surface area contributed by atoms with Gasteiger partial charge in [-0.15, -0.1) is 0 Å². The van der Waals surface area contributed by atoms with Crippen LogP contribution in [0.3, 0.4) is 0 Å². The third-order valence-electron chi connectivity index (χ3n) is 5.09. The van der Waals surface area contributed by atoms with E-state index in [0.717, 1.165) is 35.3 Å². The van der Waals surface area contributed by atoms with Crippen molar-refractivity contribution in [1.29, 1.82) is 0 Å². The maximum absolute atomic E-state index is 12.8. The van der Waals surface area contributed by atoms with Crippen LogP contribution in [0.15, 0.2) is 60.8 Å². The zero-order valence-corrected chi connectivity index (χ0v) is 17.2. The van der Waals surface area contributed by atoms with Gasteiger partial charge in [-0.25, -0.2) is 9.97 Å². The lowest BCUT2D eigenvalue weighted by atomic mass is 10.1. The highest BCUT2D eigenvalue weighted by Crippen LogP contribution is 2.19. The molecule has 6 heteroatoms. The van der Waals surface area contributed by atoms with E-state index in [9.17, 15) is 4.79 Å². The summed E-state index contributed by atoms with van der Waals surface area (Å²) in [4.78, 5) is 24.9. The number of amides is 1. The summed E-state index contributed by atoms with van der Waals surface area (Å²) in [7, 11) is 0. The van der Waals surface area contributed by atoms with Gasteiger partial charge in [-0.2, -0.15) is 0 Å². The number of hydrogen-bond donors (Lipinski definition) is 3. The lowest BCUT2D eigenvalue weighted by molar-refractivity contribution is 0.102. The maximum Gasteiger partial charge on any atom is 0.274 e. The van der Waals surface area contributed by atoms with Crippen molar-refractivity contribution in [3.8, 4) is 0 Å². The van der Waals surface area contributed by atoms with E-state index in [1.165, 1.54) is 10.9 Å². The molecule has 0 radical (unpaired) electrons. The molecule has 6 nitrogen and oxygen atoms in total. The van der Waals surface area contributed by atoms with Gasteiger partial charge in [0, 0.05) is 35.0 Å². The van der Waals surface area contributed by atoms with Gasteiger partial charge in [0.25, 0.3) is 5.91 Å². The summed E-state index contributed by atoms with van der Waals surface area (Å²) in [6.45, 7) is 4.60. The van der Waals surface area contributed by atoms with Gasteiger partial charge in [-0.3, -0.25) is 4.79 Å². The van der Waals surface area contributed by atoms with Crippen LogP contribution in [0.1, 0.15) is 34.2 Å². The smallest absolute Gasteiger partial charge is 0.274 e. The van der Waals surface area contributed by atoms with Gasteiger partial charge < -0.3 is 15.6 Å². The van der Waals surface area contributed by atoms with Gasteiger partial charge in [0.05, 0.1) is 0 Å². The molecule has 0 bridgehead atoms. The molecule has 0 aliphatic carbocycles. The average molecular weight is 399 g/mol. The van der Waals surface area contributed by atoms with Crippen LogP contribution in [-0.4, -0.2) is 27.4 Å². The fourth-order valence-corrected chi connectivity index (χ4v) is 3.55. The summed E-state index contributed by atoms with van der Waals surface area (Å²) in [6, 6.07) is 17.7. The van der Waals surface area contributed by atoms with Gasteiger partial charge in [-0.1, -0.05) is 43.3 Å². The van der Waals surface area contributed by atoms with Gasteiger partial charge in [0.1, 0.15) is 5.69 Å². The van der Waals surface area contributed by atoms with Crippen molar-refractivity contribution in [1.82, 2.24) is 15.0 Å². The van der Waals surface area contributed by atoms with Crippen LogP contribution >= 0.6 is 0 Å². The monoisotopic (exact) mass is 399 g/mol. The van der Waals surface area contributed by atoms with E-state index in [0.29, 0.717) is 18.2 Å². The summed E-state index contributed by atoms with van der Waals surface area (Å²) in [5.74, 6) is 0.227. The Hall–Kier alpha value is -3.67. The molecule has 4 rings (SSSR count). The Bertz CT molecular complexity index is 1180. The van der Waals surface area contributed by atoms with E-state index in [2.05, 4.69) is 44.6 Å². The number of carbonyl (C=O) groups excluding carboxylic acids is 1. The number of rotatable bonds is 7. The zero-order valence-electron chi connectivity index (χ0n) is 17.2. The SMILES string of the molecule is CCc1ccccc1NC(=O)c1cc(C)nc(NCCc2c[nH]c3ccccc23)n1. The molecule has 3 N–H and O–H groups in total. The minimum absolute atomic E-state index is 0.235. The quantitative estimate of drug-likeness (QED) is 0.419. The fraction of sp³-hybridized carbons (Fsp3) is 0.208. The molecule has 0 spiro atoms. The fourth-order valence-electron chi connectivity index (χ4n) is 3.55. The Morgan fingerprint density at radius 3 is 2.70 bits per heavy atom. The second kappa shape index (κ2) is 8.78. The number of aryl methyl sites for hydroxylation is 2. The van der Waals surface area contributed by atoms with Crippen molar-refractivity contribution < 1.29 is 4.79 Å². The summed E-state index contributed by atoms with van der Waals surface area (Å²) in [5, 5.41) is 7.45. The molecule has 2 aromatic heterocycles. The van der Waals surface area contributed by atoms with Crippen LogP contribution < -0.4 is 10.6 Å². The number of fused-ring (bicyclic) bond motifs is 1. The van der Waals surface area contributed by atoms with E-state index in [4.69, 9.17) is 0 Å². The second-order valence-corrected chi connectivity index (χ2v) is 7.22. The van der Waals surface area contributed by atoms with Crippen LogP contribution in [-0.2, 0) is 12.8 Å². The number of nitrogens with zero attached hydrogens (tertiary/aromatic N) is 2. The first kappa shape index (κ1) is 19.6. The molecule has 2 aromatic carbocycles. The van der Waals surface area contributed by atoms with E-state index in [1.54, 1.807) is 6.07 Å². The molecule has 0 aliphatic rings. The van der Waals surface area contributed by atoms with E-state index in [-0.39, 0.29) is 5.91 Å². The highest BCUT2D eigenvalue weighted by molar-refractivity contribution is 6.03. The first-order chi connectivity index (χ1) is 14.6. The number of hydrogen-bond acceptors (Lipinski definition) is 4. The summed E-state index contributed by atoms with van der Waals surface area (Å²) < 4.78 is 0. The molecule has 30 heavy (non-hydrogen) atoms. The van der Waals surface area contributed by atoms with E-state index >= 15 is 0 Å². The van der Waals surface area contributed by atoms with Crippen LogP contribution in [0.25, 0.3) is 10.9 Å². The molecule has 0 aliphatic heterocycles. The lowest BCUT2D eigenvalue weighted by Gasteiger charge is -2.11. The third kappa shape index (κ3) is 4.33. The largest absolute Gasteiger partial charge is 0.361 e. The number of aromatic nitrogens is 3. The predicted molar refractivity (Wildman–Crippen MR) is 121 cm³/mol. The van der Waals surface area contributed by atoms with Crippen LogP contribution in [0.5, 0.6) is 0 Å². The number of carbonyl (C=O) groups is 1. The molecule has 0 atom stereocenters. The standard InChI is InChI=1S/C24H25N5O/c1-3-17-8-4-6-10-20(17)28-23(30)22-14-16(2)27-24(29-22)25-13-12-18-15-26-21-11-7-5-9-19(18)21/h4-11,14-15,26H,3,12-13H2,1-2H3,(H,28,30)(H,25,27,29). The minimum atomic E-state index is -0.235. The van der Waals surface area contributed by atoms with Crippen molar-refractivity contribution in [2.45, 2.75) is 26.7 Å². The molecule has 0 fully saturated rings. The van der Waals surface area contributed by atoms with Crippen LogP contribution in [0.4, 0.5) is 11.6 Å². The summed E-state index contributed by atoms with van der Waals surface area (Å²) >= 11 is 0. The molecule has 152 valence electrons. The minimum Gasteiger partial charge on any atom is -0.361 e. The number of aromatic amines is 1. The molecule has 1 amide bonds. The van der Waals surface area contributed by atoms with Crippen molar-refractivity contribution in [2.24, 2.45) is 0 Å². The zero-order chi connectivity index (χ0) is 20.9. The van der Waals surface area contributed by atoms with Gasteiger partial charge in [-0.05, 0) is 49.1 Å². The molecule has 2 heterocycles. The number of H-pyrrole nitrogens is 1. The topological polar surface area (TPSA) is 82.7 Å². The van der Waals surface area contributed by atoms with Gasteiger partial charge >= 0.3 is 0 Å². The van der Waals surface area contributed by atoms with Gasteiger partial charge in [0.15, 0.2) is 0 Å². The Labute approximate surface area is 175 Å². The van der Waals surface area contributed by atoms with Crippen LogP contribution in [0, 0.1) is 6.92 Å². The summed E-state index contributed by atoms with van der Waals surface area (Å²) in [5.41, 5.74) is 5.37. The molecule has 4 aromatic rings. The highest BCUT2D eigenvalue weighted by atomic mass is 16.1. The number of anilines is 2. The highest BCUT2D eigenvalue weighted by Gasteiger charge is 2.12. The Morgan fingerprint density at radius 2 is 1.83 bits per heavy atom. The van der Waals surface area contributed by atoms with Crippen molar-refractivity contribution in [2.75, 3.05) is 17.2 Å².